The number of hydrogen-bond acceptors (Lipinski definition) is 4. The van der Waals surface area contributed by atoms with Crippen molar-refractivity contribution in [1.82, 2.24) is 4.98 Å². The summed E-state index contributed by atoms with van der Waals surface area (Å²) < 4.78 is 6.68. The number of hydrogen-bond donors (Lipinski definition) is 0. The summed E-state index contributed by atoms with van der Waals surface area (Å²) in [4.78, 5) is 15.1. The van der Waals surface area contributed by atoms with Crippen molar-refractivity contribution in [1.29, 1.82) is 0 Å². The van der Waals surface area contributed by atoms with Crippen molar-refractivity contribution in [2.45, 2.75) is 0 Å². The van der Waals surface area contributed by atoms with Crippen molar-refractivity contribution in [3.63, 3.8) is 0 Å². The zero-order chi connectivity index (χ0) is 14.8. The lowest BCUT2D eigenvalue weighted by atomic mass is 10.1. The Labute approximate surface area is 133 Å². The van der Waals surface area contributed by atoms with Gasteiger partial charge in [0.1, 0.15) is 5.75 Å². The van der Waals surface area contributed by atoms with Gasteiger partial charge in [-0.1, -0.05) is 6.07 Å². The Morgan fingerprint density at radius 2 is 2.00 bits per heavy atom. The molecular weight excluding hydrogens is 383 g/mol. The van der Waals surface area contributed by atoms with Crippen LogP contribution in [0.3, 0.4) is 0 Å². The SMILES string of the molecule is O=[N+]([O-])c1c(Oc2cccc(I)c2)ccc2ncccc12. The molecule has 0 saturated heterocycles. The number of pyridine rings is 1. The molecular formula is C15H9IN2O3. The molecule has 6 heteroatoms. The quantitative estimate of drug-likeness (QED) is 0.373. The standard InChI is InChI=1S/C15H9IN2O3/c16-10-3-1-4-11(9-10)21-14-7-6-13-12(5-2-8-17-13)15(14)18(19)20/h1-9H. The highest BCUT2D eigenvalue weighted by Gasteiger charge is 2.20. The van der Waals surface area contributed by atoms with Crippen LogP contribution in [-0.4, -0.2) is 9.91 Å². The van der Waals surface area contributed by atoms with Gasteiger partial charge in [0, 0.05) is 9.77 Å². The van der Waals surface area contributed by atoms with Crippen LogP contribution in [-0.2, 0) is 0 Å². The molecule has 0 saturated carbocycles. The van der Waals surface area contributed by atoms with Gasteiger partial charge in [-0.3, -0.25) is 15.1 Å². The van der Waals surface area contributed by atoms with E-state index in [0.29, 0.717) is 16.7 Å². The average Bonchev–Trinajstić information content (AvgIpc) is 2.46. The Balaban J connectivity index is 2.14. The van der Waals surface area contributed by atoms with Gasteiger partial charge >= 0.3 is 5.69 Å². The second-order valence-electron chi connectivity index (χ2n) is 4.30. The molecule has 2 aromatic carbocycles. The highest BCUT2D eigenvalue weighted by molar-refractivity contribution is 14.1. The van der Waals surface area contributed by atoms with E-state index in [0.717, 1.165) is 3.57 Å². The third-order valence-electron chi connectivity index (χ3n) is 2.93. The lowest BCUT2D eigenvalue weighted by Gasteiger charge is -2.08. The number of aromatic nitrogens is 1. The molecule has 0 aliphatic rings. The van der Waals surface area contributed by atoms with Crippen molar-refractivity contribution < 1.29 is 9.66 Å². The van der Waals surface area contributed by atoms with Gasteiger partial charge in [-0.15, -0.1) is 0 Å². The Bertz CT molecular complexity index is 836. The van der Waals surface area contributed by atoms with Gasteiger partial charge in [0.15, 0.2) is 0 Å². The first-order valence-corrected chi connectivity index (χ1v) is 7.18. The smallest absolute Gasteiger partial charge is 0.320 e. The van der Waals surface area contributed by atoms with Crippen molar-refractivity contribution in [2.75, 3.05) is 0 Å². The Morgan fingerprint density at radius 1 is 1.14 bits per heavy atom. The first kappa shape index (κ1) is 13.7. The van der Waals surface area contributed by atoms with E-state index in [2.05, 4.69) is 27.6 Å². The molecule has 5 nitrogen and oxygen atoms in total. The van der Waals surface area contributed by atoms with Gasteiger partial charge in [-0.05, 0) is 65.1 Å². The molecule has 1 heterocycles. The maximum Gasteiger partial charge on any atom is 0.320 e. The second-order valence-corrected chi connectivity index (χ2v) is 5.54. The van der Waals surface area contributed by atoms with Crippen LogP contribution >= 0.6 is 22.6 Å². The first-order chi connectivity index (χ1) is 10.1. The number of halogens is 1. The van der Waals surface area contributed by atoms with E-state index in [1.54, 1.807) is 36.5 Å². The van der Waals surface area contributed by atoms with Gasteiger partial charge in [-0.25, -0.2) is 0 Å². The van der Waals surface area contributed by atoms with Gasteiger partial charge in [0.05, 0.1) is 15.8 Å². The topological polar surface area (TPSA) is 65.3 Å². The lowest BCUT2D eigenvalue weighted by Crippen LogP contribution is -1.95. The van der Waals surface area contributed by atoms with Crippen LogP contribution < -0.4 is 4.74 Å². The molecule has 0 aliphatic heterocycles. The number of fused-ring (bicyclic) bond motifs is 1. The summed E-state index contributed by atoms with van der Waals surface area (Å²) in [5, 5.41) is 11.9. The van der Waals surface area contributed by atoms with E-state index in [1.165, 1.54) is 0 Å². The third-order valence-corrected chi connectivity index (χ3v) is 3.60. The molecule has 0 aliphatic carbocycles. The summed E-state index contributed by atoms with van der Waals surface area (Å²) in [5.74, 6) is 0.774. The van der Waals surface area contributed by atoms with Gasteiger partial charge in [-0.2, -0.15) is 0 Å². The monoisotopic (exact) mass is 392 g/mol. The first-order valence-electron chi connectivity index (χ1n) is 6.11. The van der Waals surface area contributed by atoms with Gasteiger partial charge in [0.2, 0.25) is 5.75 Å². The van der Waals surface area contributed by atoms with Crippen LogP contribution in [0.5, 0.6) is 11.5 Å². The lowest BCUT2D eigenvalue weighted by molar-refractivity contribution is -0.383. The molecule has 0 radical (unpaired) electrons. The molecule has 0 fully saturated rings. The highest BCUT2D eigenvalue weighted by Crippen LogP contribution is 2.37. The fourth-order valence-corrected chi connectivity index (χ4v) is 2.56. The fourth-order valence-electron chi connectivity index (χ4n) is 2.04. The molecule has 0 N–H and O–H groups in total. The van der Waals surface area contributed by atoms with Crippen LogP contribution in [0.15, 0.2) is 54.7 Å². The number of rotatable bonds is 3. The summed E-state index contributed by atoms with van der Waals surface area (Å²) in [7, 11) is 0. The maximum absolute atomic E-state index is 11.4. The molecule has 0 amide bonds. The zero-order valence-electron chi connectivity index (χ0n) is 10.7. The molecule has 0 bridgehead atoms. The van der Waals surface area contributed by atoms with E-state index >= 15 is 0 Å². The summed E-state index contributed by atoms with van der Waals surface area (Å²) in [6.45, 7) is 0. The predicted octanol–water partition coefficient (Wildman–Crippen LogP) is 4.54. The molecule has 1 aromatic heterocycles. The third kappa shape index (κ3) is 2.80. The number of benzene rings is 2. The minimum atomic E-state index is -0.437. The van der Waals surface area contributed by atoms with E-state index in [-0.39, 0.29) is 11.4 Å². The number of ether oxygens (including phenoxy) is 1. The van der Waals surface area contributed by atoms with Crippen LogP contribution in [0, 0.1) is 13.7 Å². The molecule has 3 aromatic rings. The highest BCUT2D eigenvalue weighted by atomic mass is 127. The predicted molar refractivity (Wildman–Crippen MR) is 87.6 cm³/mol. The Morgan fingerprint density at radius 3 is 2.76 bits per heavy atom. The van der Waals surface area contributed by atoms with Crippen LogP contribution in [0.4, 0.5) is 5.69 Å². The Hall–Kier alpha value is -2.22. The van der Waals surface area contributed by atoms with Crippen molar-refractivity contribution in [3.05, 3.63) is 68.4 Å². The van der Waals surface area contributed by atoms with E-state index < -0.39 is 4.92 Å². The molecule has 0 spiro atoms. The second kappa shape index (κ2) is 5.65. The van der Waals surface area contributed by atoms with E-state index in [9.17, 15) is 10.1 Å². The van der Waals surface area contributed by atoms with E-state index in [1.807, 2.05) is 18.2 Å². The number of nitro groups is 1. The van der Waals surface area contributed by atoms with Crippen LogP contribution in [0.25, 0.3) is 10.9 Å². The molecule has 21 heavy (non-hydrogen) atoms. The summed E-state index contributed by atoms with van der Waals surface area (Å²) in [6.07, 6.45) is 1.60. The summed E-state index contributed by atoms with van der Waals surface area (Å²) in [6, 6.07) is 14.0. The molecule has 0 unspecified atom stereocenters. The van der Waals surface area contributed by atoms with Crippen LogP contribution in [0.2, 0.25) is 0 Å². The molecule has 104 valence electrons. The van der Waals surface area contributed by atoms with Crippen LogP contribution in [0.1, 0.15) is 0 Å². The maximum atomic E-state index is 11.4. The van der Waals surface area contributed by atoms with Gasteiger partial charge < -0.3 is 4.74 Å². The Kier molecular flexibility index (Phi) is 3.70. The molecule has 0 atom stereocenters. The van der Waals surface area contributed by atoms with Crippen molar-refractivity contribution >= 4 is 39.2 Å². The van der Waals surface area contributed by atoms with E-state index in [4.69, 9.17) is 4.74 Å². The minimum Gasteiger partial charge on any atom is -0.450 e. The van der Waals surface area contributed by atoms with Gasteiger partial charge in [0.25, 0.3) is 0 Å². The normalized spacial score (nSPS) is 10.5. The number of nitrogens with zero attached hydrogens (tertiary/aromatic N) is 2. The minimum absolute atomic E-state index is 0.0699. The molecule has 3 rings (SSSR count). The average molecular weight is 392 g/mol. The number of nitro benzene ring substituents is 1. The summed E-state index contributed by atoms with van der Waals surface area (Å²) >= 11 is 2.16. The summed E-state index contributed by atoms with van der Waals surface area (Å²) in [5.41, 5.74) is 0.499. The largest absolute Gasteiger partial charge is 0.450 e. The zero-order valence-corrected chi connectivity index (χ0v) is 12.9. The fraction of sp³-hybridized carbons (Fsp3) is 0. The van der Waals surface area contributed by atoms with Crippen molar-refractivity contribution in [3.8, 4) is 11.5 Å². The van der Waals surface area contributed by atoms with Crippen molar-refractivity contribution in [2.24, 2.45) is 0 Å².